The minimum atomic E-state index is -0.397. The molecule has 1 aliphatic heterocycles. The van der Waals surface area contributed by atoms with Crippen molar-refractivity contribution in [1.82, 2.24) is 0 Å². The fourth-order valence-electron chi connectivity index (χ4n) is 3.38. The number of methoxy groups -OCH3 is 2. The number of aryl methyl sites for hydroxylation is 1. The molecule has 2 aromatic rings. The average Bonchev–Trinajstić information content (AvgIpc) is 2.72. The highest BCUT2D eigenvalue weighted by Crippen LogP contribution is 2.32. The number of ether oxygens (including phenoxy) is 2. The molecule has 0 fully saturated rings. The number of carbonyl (C=O) groups excluding carboxylic acids is 2. The Labute approximate surface area is 171 Å². The third kappa shape index (κ3) is 4.62. The van der Waals surface area contributed by atoms with Crippen LogP contribution >= 0.6 is 0 Å². The first-order valence-corrected chi connectivity index (χ1v) is 9.67. The van der Waals surface area contributed by atoms with Gasteiger partial charge in [-0.05, 0) is 42.7 Å². The van der Waals surface area contributed by atoms with Crippen LogP contribution in [-0.2, 0) is 11.2 Å². The summed E-state index contributed by atoms with van der Waals surface area (Å²) in [6.07, 6.45) is 1.86. The molecule has 0 atom stereocenters. The standard InChI is InChI=1S/C22H27N3O4/c1-14(2)21(26)25-11-5-6-15-7-8-16(12-19(15)25)23-22(27)24-18-10-9-17(28-3)13-20(18)29-4/h7-10,12-14H,5-6,11H2,1-4H3,(H2,23,24,27). The molecule has 0 spiro atoms. The summed E-state index contributed by atoms with van der Waals surface area (Å²) in [6, 6.07) is 10.4. The first-order chi connectivity index (χ1) is 13.9. The smallest absolute Gasteiger partial charge is 0.323 e. The third-order valence-corrected chi connectivity index (χ3v) is 4.88. The molecule has 1 heterocycles. The molecule has 2 aromatic carbocycles. The number of urea groups is 1. The number of nitrogens with zero attached hydrogens (tertiary/aromatic N) is 1. The Hall–Kier alpha value is -3.22. The van der Waals surface area contributed by atoms with Crippen LogP contribution in [0.2, 0.25) is 0 Å². The normalized spacial score (nSPS) is 12.9. The van der Waals surface area contributed by atoms with E-state index in [0.717, 1.165) is 24.1 Å². The van der Waals surface area contributed by atoms with Crippen LogP contribution in [0.15, 0.2) is 36.4 Å². The van der Waals surface area contributed by atoms with Crippen LogP contribution < -0.4 is 25.0 Å². The maximum absolute atomic E-state index is 12.6. The fraction of sp³-hybridized carbons (Fsp3) is 0.364. The number of amides is 3. The van der Waals surface area contributed by atoms with Crippen LogP contribution in [0.1, 0.15) is 25.8 Å². The predicted octanol–water partition coefficient (Wildman–Crippen LogP) is 4.28. The van der Waals surface area contributed by atoms with E-state index in [1.165, 1.54) is 7.11 Å². The van der Waals surface area contributed by atoms with Gasteiger partial charge in [-0.15, -0.1) is 0 Å². The predicted molar refractivity (Wildman–Crippen MR) is 114 cm³/mol. The molecule has 0 radical (unpaired) electrons. The summed E-state index contributed by atoms with van der Waals surface area (Å²) in [5.74, 6) is 1.15. The summed E-state index contributed by atoms with van der Waals surface area (Å²) in [6.45, 7) is 4.49. The maximum Gasteiger partial charge on any atom is 0.323 e. The lowest BCUT2D eigenvalue weighted by molar-refractivity contribution is -0.121. The Kier molecular flexibility index (Phi) is 6.26. The van der Waals surface area contributed by atoms with Crippen LogP contribution in [0.3, 0.4) is 0 Å². The first-order valence-electron chi connectivity index (χ1n) is 9.67. The van der Waals surface area contributed by atoms with Gasteiger partial charge in [0.15, 0.2) is 0 Å². The zero-order chi connectivity index (χ0) is 21.0. The number of nitrogens with one attached hydrogen (secondary N) is 2. The second-order valence-electron chi connectivity index (χ2n) is 7.24. The molecular weight excluding hydrogens is 370 g/mol. The van der Waals surface area contributed by atoms with Crippen LogP contribution in [0.5, 0.6) is 11.5 Å². The molecule has 2 N–H and O–H groups in total. The lowest BCUT2D eigenvalue weighted by atomic mass is 9.99. The van der Waals surface area contributed by atoms with Gasteiger partial charge in [0.2, 0.25) is 5.91 Å². The highest BCUT2D eigenvalue weighted by Gasteiger charge is 2.24. The zero-order valence-electron chi connectivity index (χ0n) is 17.2. The molecule has 7 nitrogen and oxygen atoms in total. The average molecular weight is 397 g/mol. The van der Waals surface area contributed by atoms with Crippen molar-refractivity contribution in [3.63, 3.8) is 0 Å². The third-order valence-electron chi connectivity index (χ3n) is 4.88. The highest BCUT2D eigenvalue weighted by molar-refractivity contribution is 6.02. The molecule has 0 aromatic heterocycles. The molecule has 29 heavy (non-hydrogen) atoms. The van der Waals surface area contributed by atoms with Crippen LogP contribution in [-0.4, -0.2) is 32.7 Å². The van der Waals surface area contributed by atoms with Crippen LogP contribution in [0.25, 0.3) is 0 Å². The summed E-state index contributed by atoms with van der Waals surface area (Å²) in [5.41, 5.74) is 3.14. The molecule has 0 saturated heterocycles. The van der Waals surface area contributed by atoms with Gasteiger partial charge < -0.3 is 25.0 Å². The van der Waals surface area contributed by atoms with Gasteiger partial charge in [-0.3, -0.25) is 4.79 Å². The molecule has 3 amide bonds. The van der Waals surface area contributed by atoms with Gasteiger partial charge in [0.1, 0.15) is 11.5 Å². The van der Waals surface area contributed by atoms with Gasteiger partial charge in [-0.1, -0.05) is 19.9 Å². The molecule has 0 aliphatic carbocycles. The largest absolute Gasteiger partial charge is 0.497 e. The Morgan fingerprint density at radius 3 is 2.52 bits per heavy atom. The molecule has 3 rings (SSSR count). The van der Waals surface area contributed by atoms with Crippen molar-refractivity contribution < 1.29 is 19.1 Å². The lowest BCUT2D eigenvalue weighted by Gasteiger charge is -2.31. The van der Waals surface area contributed by atoms with Gasteiger partial charge in [-0.2, -0.15) is 0 Å². The minimum absolute atomic E-state index is 0.0802. The quantitative estimate of drug-likeness (QED) is 0.789. The van der Waals surface area contributed by atoms with E-state index < -0.39 is 6.03 Å². The van der Waals surface area contributed by atoms with Gasteiger partial charge in [0, 0.05) is 29.9 Å². The van der Waals surface area contributed by atoms with E-state index in [4.69, 9.17) is 9.47 Å². The number of hydrogen-bond donors (Lipinski definition) is 2. The lowest BCUT2D eigenvalue weighted by Crippen LogP contribution is -2.38. The Bertz CT molecular complexity index is 911. The Balaban J connectivity index is 1.76. The summed E-state index contributed by atoms with van der Waals surface area (Å²) in [7, 11) is 3.10. The van der Waals surface area contributed by atoms with Crippen LogP contribution in [0, 0.1) is 5.92 Å². The minimum Gasteiger partial charge on any atom is -0.497 e. The van der Waals surface area contributed by atoms with Gasteiger partial charge in [0.25, 0.3) is 0 Å². The number of anilines is 3. The van der Waals surface area contributed by atoms with E-state index in [1.807, 2.05) is 36.9 Å². The summed E-state index contributed by atoms with van der Waals surface area (Å²) >= 11 is 0. The SMILES string of the molecule is COc1ccc(NC(=O)Nc2ccc3c(c2)N(C(=O)C(C)C)CCC3)c(OC)c1. The zero-order valence-corrected chi connectivity index (χ0v) is 17.2. The first kappa shape index (κ1) is 20.5. The monoisotopic (exact) mass is 397 g/mol. The fourth-order valence-corrected chi connectivity index (χ4v) is 3.38. The van der Waals surface area contributed by atoms with Crippen molar-refractivity contribution in [1.29, 1.82) is 0 Å². The summed E-state index contributed by atoms with van der Waals surface area (Å²) in [5, 5.41) is 5.62. The topological polar surface area (TPSA) is 79.9 Å². The second-order valence-corrected chi connectivity index (χ2v) is 7.24. The highest BCUT2D eigenvalue weighted by atomic mass is 16.5. The van der Waals surface area contributed by atoms with E-state index in [9.17, 15) is 9.59 Å². The number of rotatable bonds is 5. The molecule has 154 valence electrons. The van der Waals surface area contributed by atoms with Crippen molar-refractivity contribution in [2.24, 2.45) is 5.92 Å². The summed E-state index contributed by atoms with van der Waals surface area (Å²) < 4.78 is 10.5. The second kappa shape index (κ2) is 8.86. The molecule has 0 unspecified atom stereocenters. The number of carbonyl (C=O) groups is 2. The Morgan fingerprint density at radius 1 is 1.03 bits per heavy atom. The van der Waals surface area contributed by atoms with E-state index in [0.29, 0.717) is 29.4 Å². The van der Waals surface area contributed by atoms with Gasteiger partial charge in [-0.25, -0.2) is 4.79 Å². The van der Waals surface area contributed by atoms with E-state index >= 15 is 0 Å². The van der Waals surface area contributed by atoms with E-state index in [2.05, 4.69) is 10.6 Å². The van der Waals surface area contributed by atoms with E-state index in [1.54, 1.807) is 25.3 Å². The molecule has 7 heteroatoms. The molecule has 0 saturated carbocycles. The van der Waals surface area contributed by atoms with Crippen LogP contribution in [0.4, 0.5) is 21.9 Å². The maximum atomic E-state index is 12.6. The van der Waals surface area contributed by atoms with Crippen molar-refractivity contribution >= 4 is 29.0 Å². The molecular formula is C22H27N3O4. The van der Waals surface area contributed by atoms with Crippen molar-refractivity contribution in [2.45, 2.75) is 26.7 Å². The molecule has 1 aliphatic rings. The Morgan fingerprint density at radius 2 is 1.83 bits per heavy atom. The van der Waals surface area contributed by atoms with Crippen molar-refractivity contribution in [3.05, 3.63) is 42.0 Å². The number of fused-ring (bicyclic) bond motifs is 1. The summed E-state index contributed by atoms with van der Waals surface area (Å²) in [4.78, 5) is 26.9. The number of hydrogen-bond acceptors (Lipinski definition) is 4. The van der Waals surface area contributed by atoms with Gasteiger partial charge >= 0.3 is 6.03 Å². The van der Waals surface area contributed by atoms with Crippen molar-refractivity contribution in [2.75, 3.05) is 36.3 Å². The number of benzene rings is 2. The molecule has 0 bridgehead atoms. The van der Waals surface area contributed by atoms with Gasteiger partial charge in [0.05, 0.1) is 19.9 Å². The van der Waals surface area contributed by atoms with E-state index in [-0.39, 0.29) is 11.8 Å². The van der Waals surface area contributed by atoms with Crippen molar-refractivity contribution in [3.8, 4) is 11.5 Å².